The number of likely N-dealkylation sites (N-methyl/N-ethyl adjacent to an activating group) is 1. The van der Waals surface area contributed by atoms with E-state index in [9.17, 15) is 14.3 Å². The third-order valence-corrected chi connectivity index (χ3v) is 7.12. The number of anilines is 2. The number of benzene rings is 3. The number of carbonyl (C=O) groups is 1. The van der Waals surface area contributed by atoms with Crippen molar-refractivity contribution in [1.29, 1.82) is 0 Å². The van der Waals surface area contributed by atoms with Crippen LogP contribution in [0.3, 0.4) is 0 Å². The van der Waals surface area contributed by atoms with Crippen LogP contribution in [0.5, 0.6) is 5.75 Å². The molecule has 0 aliphatic carbocycles. The number of rotatable bonds is 4. The summed E-state index contributed by atoms with van der Waals surface area (Å²) in [5.74, 6) is 0.384. The van der Waals surface area contributed by atoms with Crippen molar-refractivity contribution >= 4 is 17.4 Å². The normalized spacial score (nSPS) is 21.1. The highest BCUT2D eigenvalue weighted by Crippen LogP contribution is 2.49. The van der Waals surface area contributed by atoms with Crippen molar-refractivity contribution in [2.24, 2.45) is 5.92 Å². The van der Waals surface area contributed by atoms with E-state index >= 15 is 0 Å². The maximum absolute atomic E-state index is 13.9. The number of likely N-dealkylation sites (tertiary alicyclic amines) is 1. The number of nitrogens with zero attached hydrogens (tertiary/aromatic N) is 2. The molecule has 5 rings (SSSR count). The molecule has 3 atom stereocenters. The van der Waals surface area contributed by atoms with Gasteiger partial charge in [0.1, 0.15) is 11.6 Å². The fraction of sp³-hybridized carbons (Fsp3) is 0.296. The molecule has 7 heteroatoms. The Morgan fingerprint density at radius 2 is 1.91 bits per heavy atom. The molecule has 2 heterocycles. The number of aliphatic hydroxyl groups is 1. The molecule has 1 fully saturated rings. The molecule has 1 saturated heterocycles. The van der Waals surface area contributed by atoms with Crippen LogP contribution in [0.2, 0.25) is 0 Å². The molecule has 0 aromatic heterocycles. The van der Waals surface area contributed by atoms with E-state index < -0.39 is 0 Å². The van der Waals surface area contributed by atoms with Crippen LogP contribution in [0.25, 0.3) is 11.1 Å². The first-order chi connectivity index (χ1) is 16.5. The summed E-state index contributed by atoms with van der Waals surface area (Å²) in [7, 11) is 3.55. The lowest BCUT2D eigenvalue weighted by Gasteiger charge is -2.44. The van der Waals surface area contributed by atoms with Gasteiger partial charge in [-0.3, -0.25) is 0 Å². The van der Waals surface area contributed by atoms with Crippen LogP contribution in [-0.2, 0) is 0 Å². The number of halogens is 1. The molecule has 3 aromatic rings. The predicted octanol–water partition coefficient (Wildman–Crippen LogP) is 4.91. The van der Waals surface area contributed by atoms with Crippen molar-refractivity contribution in [2.75, 3.05) is 37.5 Å². The minimum atomic E-state index is -0.288. The Bertz CT molecular complexity index is 1220. The first-order valence-electron chi connectivity index (χ1n) is 11.5. The summed E-state index contributed by atoms with van der Waals surface area (Å²) in [5.41, 5.74) is 4.27. The fourth-order valence-corrected chi connectivity index (χ4v) is 5.46. The van der Waals surface area contributed by atoms with Crippen molar-refractivity contribution in [3.63, 3.8) is 0 Å². The SMILES string of the molecule is COc1ccccc1NC(=O)N1CC[C@H]2[C@@H]1c1cc(-c3cccc(F)c3)ccc1N(C)[C@H]2CO. The van der Waals surface area contributed by atoms with Gasteiger partial charge in [0.25, 0.3) is 0 Å². The Kier molecular flexibility index (Phi) is 5.87. The average Bonchev–Trinajstić information content (AvgIpc) is 3.30. The van der Waals surface area contributed by atoms with Gasteiger partial charge < -0.3 is 25.0 Å². The highest BCUT2D eigenvalue weighted by atomic mass is 19.1. The molecular formula is C27H28FN3O3. The van der Waals surface area contributed by atoms with Crippen LogP contribution in [-0.4, -0.2) is 49.4 Å². The van der Waals surface area contributed by atoms with Gasteiger partial charge in [0.2, 0.25) is 0 Å². The molecule has 0 unspecified atom stereocenters. The predicted molar refractivity (Wildman–Crippen MR) is 131 cm³/mol. The summed E-state index contributed by atoms with van der Waals surface area (Å²) >= 11 is 0. The number of para-hydroxylation sites is 2. The number of aliphatic hydroxyl groups excluding tert-OH is 1. The quantitative estimate of drug-likeness (QED) is 0.580. The molecule has 0 spiro atoms. The number of carbonyl (C=O) groups excluding carboxylic acids is 1. The molecule has 2 aliphatic rings. The zero-order chi connectivity index (χ0) is 23.8. The monoisotopic (exact) mass is 461 g/mol. The maximum atomic E-state index is 13.9. The number of methoxy groups -OCH3 is 1. The van der Waals surface area contributed by atoms with Gasteiger partial charge in [0.15, 0.2) is 0 Å². The largest absolute Gasteiger partial charge is 0.495 e. The Morgan fingerprint density at radius 3 is 2.68 bits per heavy atom. The molecule has 2 aliphatic heterocycles. The molecule has 6 nitrogen and oxygen atoms in total. The zero-order valence-corrected chi connectivity index (χ0v) is 19.2. The average molecular weight is 462 g/mol. The van der Waals surface area contributed by atoms with Crippen molar-refractivity contribution < 1.29 is 19.0 Å². The van der Waals surface area contributed by atoms with Gasteiger partial charge in [-0.1, -0.05) is 30.3 Å². The van der Waals surface area contributed by atoms with Crippen LogP contribution in [0.1, 0.15) is 18.0 Å². The first kappa shape index (κ1) is 22.2. The van der Waals surface area contributed by atoms with Crippen molar-refractivity contribution in [3.05, 3.63) is 78.1 Å². The minimum absolute atomic E-state index is 0.00468. The number of fused-ring (bicyclic) bond motifs is 3. The number of amides is 2. The van der Waals surface area contributed by atoms with Crippen LogP contribution in [0.15, 0.2) is 66.7 Å². The summed E-state index contributed by atoms with van der Waals surface area (Å²) in [5, 5.41) is 13.2. The summed E-state index contributed by atoms with van der Waals surface area (Å²) in [6, 6.07) is 19.4. The smallest absolute Gasteiger partial charge is 0.322 e. The zero-order valence-electron chi connectivity index (χ0n) is 19.2. The summed E-state index contributed by atoms with van der Waals surface area (Å²) in [6.45, 7) is 0.578. The van der Waals surface area contributed by atoms with Gasteiger partial charge in [0.05, 0.1) is 31.5 Å². The second-order valence-electron chi connectivity index (χ2n) is 8.87. The molecule has 3 aromatic carbocycles. The molecule has 2 N–H and O–H groups in total. The third kappa shape index (κ3) is 3.76. The van der Waals surface area contributed by atoms with Crippen molar-refractivity contribution in [2.45, 2.75) is 18.5 Å². The van der Waals surface area contributed by atoms with Crippen LogP contribution in [0.4, 0.5) is 20.6 Å². The van der Waals surface area contributed by atoms with Gasteiger partial charge in [-0.05, 0) is 59.5 Å². The Balaban J connectivity index is 1.54. The second kappa shape index (κ2) is 8.99. The first-order valence-corrected chi connectivity index (χ1v) is 11.5. The number of hydrogen-bond donors (Lipinski definition) is 2. The van der Waals surface area contributed by atoms with E-state index in [0.717, 1.165) is 28.8 Å². The maximum Gasteiger partial charge on any atom is 0.322 e. The van der Waals surface area contributed by atoms with Crippen LogP contribution in [0, 0.1) is 11.7 Å². The van der Waals surface area contributed by atoms with E-state index in [2.05, 4.69) is 16.3 Å². The van der Waals surface area contributed by atoms with E-state index in [1.54, 1.807) is 19.2 Å². The van der Waals surface area contributed by atoms with E-state index in [1.807, 2.05) is 48.3 Å². The van der Waals surface area contributed by atoms with Gasteiger partial charge in [0, 0.05) is 25.2 Å². The molecule has 0 bridgehead atoms. The number of urea groups is 1. The van der Waals surface area contributed by atoms with E-state index in [-0.39, 0.29) is 36.5 Å². The van der Waals surface area contributed by atoms with Crippen molar-refractivity contribution in [3.8, 4) is 16.9 Å². The standard InChI is InChI=1S/C27H28FN3O3/c1-30-23-11-10-18(17-6-5-7-19(28)14-17)15-21(23)26-20(24(30)16-32)12-13-31(26)27(33)29-22-8-3-4-9-25(22)34-2/h3-11,14-15,20,24,26,32H,12-13,16H2,1-2H3,(H,29,33)/t20-,24+,26-/m1/s1. The van der Waals surface area contributed by atoms with Crippen LogP contribution >= 0.6 is 0 Å². The van der Waals surface area contributed by atoms with E-state index in [4.69, 9.17) is 4.74 Å². The van der Waals surface area contributed by atoms with Crippen LogP contribution < -0.4 is 15.0 Å². The van der Waals surface area contributed by atoms with E-state index in [0.29, 0.717) is 18.0 Å². The minimum Gasteiger partial charge on any atom is -0.495 e. The Morgan fingerprint density at radius 1 is 1.12 bits per heavy atom. The molecule has 0 radical (unpaired) electrons. The van der Waals surface area contributed by atoms with Gasteiger partial charge >= 0.3 is 6.03 Å². The molecular weight excluding hydrogens is 433 g/mol. The number of hydrogen-bond acceptors (Lipinski definition) is 4. The third-order valence-electron chi connectivity index (χ3n) is 7.12. The lowest BCUT2D eigenvalue weighted by atomic mass is 9.81. The van der Waals surface area contributed by atoms with Gasteiger partial charge in [-0.2, -0.15) is 0 Å². The molecule has 34 heavy (non-hydrogen) atoms. The topological polar surface area (TPSA) is 65.0 Å². The summed E-state index contributed by atoms with van der Waals surface area (Å²) < 4.78 is 19.3. The fourth-order valence-electron chi connectivity index (χ4n) is 5.46. The second-order valence-corrected chi connectivity index (χ2v) is 8.87. The van der Waals surface area contributed by atoms with Crippen molar-refractivity contribution in [1.82, 2.24) is 4.90 Å². The Labute approximate surface area is 198 Å². The van der Waals surface area contributed by atoms with E-state index in [1.165, 1.54) is 12.1 Å². The summed E-state index contributed by atoms with van der Waals surface area (Å²) in [4.78, 5) is 17.4. The Hall–Kier alpha value is -3.58. The number of nitrogens with one attached hydrogen (secondary N) is 1. The van der Waals surface area contributed by atoms with Gasteiger partial charge in [-0.15, -0.1) is 0 Å². The lowest BCUT2D eigenvalue weighted by Crippen LogP contribution is -2.48. The molecule has 0 saturated carbocycles. The summed E-state index contributed by atoms with van der Waals surface area (Å²) in [6.07, 6.45) is 0.781. The lowest BCUT2D eigenvalue weighted by molar-refractivity contribution is 0.168. The highest BCUT2D eigenvalue weighted by molar-refractivity contribution is 5.92. The number of ether oxygens (including phenoxy) is 1. The molecule has 176 valence electrons. The van der Waals surface area contributed by atoms with Gasteiger partial charge in [-0.25, -0.2) is 9.18 Å². The molecule has 2 amide bonds. The highest BCUT2D eigenvalue weighted by Gasteiger charge is 2.47.